The number of fused-ring (bicyclic) bond motifs is 1. The first kappa shape index (κ1) is 24.1. The van der Waals surface area contributed by atoms with E-state index in [0.29, 0.717) is 23.6 Å². The molecule has 1 unspecified atom stereocenters. The molecule has 2 aromatic carbocycles. The summed E-state index contributed by atoms with van der Waals surface area (Å²) >= 11 is 0. The summed E-state index contributed by atoms with van der Waals surface area (Å²) in [5.41, 5.74) is 13.8. The zero-order valence-corrected chi connectivity index (χ0v) is 20.6. The number of hydrogen-bond acceptors (Lipinski definition) is 5. The standard InChI is InChI=1S/C29H36N4O/c1-19(16-26-25-14-8-20(2)17-27(25)32-29(30)28(26)31-4)7-9-22-10-12-23(13-11-22)21(3)33-15-5-6-24(33)18-34/h8,10-14,16-17,21,24,34H,4-7,9,15,18H2,1-3H3,(H2,30,32)/b19-16+/t21?,24-/m0/s1. The van der Waals surface area contributed by atoms with Crippen LogP contribution in [-0.4, -0.2) is 40.9 Å². The van der Waals surface area contributed by atoms with Crippen LogP contribution in [0.15, 0.2) is 53.0 Å². The minimum absolute atomic E-state index is 0.245. The van der Waals surface area contributed by atoms with Crippen molar-refractivity contribution in [1.82, 2.24) is 9.88 Å². The molecular weight excluding hydrogens is 420 g/mol. The number of aliphatic hydroxyl groups is 1. The molecule has 1 saturated heterocycles. The number of aliphatic imine (C=N–C) groups is 1. The molecule has 0 bridgehead atoms. The predicted octanol–water partition coefficient (Wildman–Crippen LogP) is 6.01. The van der Waals surface area contributed by atoms with Crippen molar-refractivity contribution in [3.8, 4) is 0 Å². The molecule has 0 aliphatic carbocycles. The van der Waals surface area contributed by atoms with Crippen LogP contribution in [0, 0.1) is 6.92 Å². The van der Waals surface area contributed by atoms with Gasteiger partial charge in [-0.25, -0.2) is 4.98 Å². The van der Waals surface area contributed by atoms with Crippen LogP contribution >= 0.6 is 0 Å². The van der Waals surface area contributed by atoms with E-state index < -0.39 is 0 Å². The van der Waals surface area contributed by atoms with Crippen molar-refractivity contribution in [1.29, 1.82) is 0 Å². The Morgan fingerprint density at radius 3 is 2.76 bits per heavy atom. The summed E-state index contributed by atoms with van der Waals surface area (Å²) in [6.07, 6.45) is 6.35. The number of pyridine rings is 1. The number of nitrogens with two attached hydrogens (primary N) is 1. The normalized spacial score (nSPS) is 17.9. The Bertz CT molecular complexity index is 1200. The second-order valence-corrected chi connectivity index (χ2v) is 9.56. The van der Waals surface area contributed by atoms with Gasteiger partial charge in [0.1, 0.15) is 5.69 Å². The maximum absolute atomic E-state index is 9.66. The van der Waals surface area contributed by atoms with Gasteiger partial charge in [-0.15, -0.1) is 0 Å². The fourth-order valence-electron chi connectivity index (χ4n) is 5.10. The van der Waals surface area contributed by atoms with Crippen molar-refractivity contribution in [2.75, 3.05) is 18.9 Å². The molecule has 178 valence electrons. The molecule has 0 saturated carbocycles. The maximum Gasteiger partial charge on any atom is 0.150 e. The van der Waals surface area contributed by atoms with Crippen molar-refractivity contribution in [3.05, 3.63) is 70.3 Å². The van der Waals surface area contributed by atoms with Gasteiger partial charge in [-0.2, -0.15) is 0 Å². The number of likely N-dealkylation sites (tertiary alicyclic amines) is 1. The first-order valence-corrected chi connectivity index (χ1v) is 12.2. The largest absolute Gasteiger partial charge is 0.395 e. The summed E-state index contributed by atoms with van der Waals surface area (Å²) in [4.78, 5) is 11.1. The molecule has 0 amide bonds. The third kappa shape index (κ3) is 5.06. The van der Waals surface area contributed by atoms with Crippen LogP contribution < -0.4 is 5.73 Å². The Labute approximate surface area is 203 Å². The highest BCUT2D eigenvalue weighted by atomic mass is 16.3. The Morgan fingerprint density at radius 2 is 2.06 bits per heavy atom. The van der Waals surface area contributed by atoms with Crippen molar-refractivity contribution < 1.29 is 5.11 Å². The molecule has 0 spiro atoms. The number of nitrogen functional groups attached to an aromatic ring is 1. The third-order valence-corrected chi connectivity index (χ3v) is 7.13. The minimum Gasteiger partial charge on any atom is -0.395 e. The quantitative estimate of drug-likeness (QED) is 0.407. The van der Waals surface area contributed by atoms with Gasteiger partial charge in [-0.3, -0.25) is 9.89 Å². The highest BCUT2D eigenvalue weighted by Crippen LogP contribution is 2.34. The third-order valence-electron chi connectivity index (χ3n) is 7.13. The molecule has 1 fully saturated rings. The van der Waals surface area contributed by atoms with Gasteiger partial charge in [0.15, 0.2) is 5.82 Å². The maximum atomic E-state index is 9.66. The first-order valence-electron chi connectivity index (χ1n) is 12.2. The zero-order valence-electron chi connectivity index (χ0n) is 20.6. The van der Waals surface area contributed by atoms with E-state index in [0.717, 1.165) is 47.8 Å². The van der Waals surface area contributed by atoms with Crippen LogP contribution in [0.3, 0.4) is 0 Å². The molecular formula is C29H36N4O. The van der Waals surface area contributed by atoms with E-state index in [1.54, 1.807) is 0 Å². The molecule has 2 heterocycles. The molecule has 1 aliphatic rings. The zero-order chi connectivity index (χ0) is 24.2. The Hall–Kier alpha value is -3.02. The van der Waals surface area contributed by atoms with Gasteiger partial charge in [-0.05, 0) is 82.5 Å². The van der Waals surface area contributed by atoms with E-state index in [9.17, 15) is 5.11 Å². The highest BCUT2D eigenvalue weighted by molar-refractivity contribution is 5.97. The summed E-state index contributed by atoms with van der Waals surface area (Å²) in [6, 6.07) is 15.8. The van der Waals surface area contributed by atoms with E-state index in [2.05, 4.69) is 90.9 Å². The average Bonchev–Trinajstić information content (AvgIpc) is 3.31. The van der Waals surface area contributed by atoms with Crippen LogP contribution in [-0.2, 0) is 6.42 Å². The van der Waals surface area contributed by atoms with Crippen LogP contribution in [0.1, 0.15) is 61.4 Å². The number of rotatable bonds is 8. The Balaban J connectivity index is 1.49. The topological polar surface area (TPSA) is 74.7 Å². The van der Waals surface area contributed by atoms with Gasteiger partial charge in [0.2, 0.25) is 0 Å². The average molecular weight is 457 g/mol. The number of anilines is 1. The monoisotopic (exact) mass is 456 g/mol. The van der Waals surface area contributed by atoms with Crippen molar-refractivity contribution >= 4 is 35.2 Å². The minimum atomic E-state index is 0.245. The lowest BCUT2D eigenvalue weighted by Gasteiger charge is -2.30. The van der Waals surface area contributed by atoms with E-state index in [4.69, 9.17) is 5.73 Å². The fourth-order valence-corrected chi connectivity index (χ4v) is 5.10. The lowest BCUT2D eigenvalue weighted by molar-refractivity contribution is 0.126. The molecule has 5 heteroatoms. The van der Waals surface area contributed by atoms with Gasteiger partial charge in [0.25, 0.3) is 0 Å². The summed E-state index contributed by atoms with van der Waals surface area (Å²) in [6.45, 7) is 11.5. The van der Waals surface area contributed by atoms with Crippen LogP contribution in [0.25, 0.3) is 17.0 Å². The van der Waals surface area contributed by atoms with E-state index >= 15 is 0 Å². The van der Waals surface area contributed by atoms with E-state index in [-0.39, 0.29) is 6.61 Å². The summed E-state index contributed by atoms with van der Waals surface area (Å²) in [7, 11) is 0. The van der Waals surface area contributed by atoms with Gasteiger partial charge in [0.05, 0.1) is 12.1 Å². The number of allylic oxidation sites excluding steroid dienone is 1. The lowest BCUT2D eigenvalue weighted by atomic mass is 9.98. The molecule has 5 nitrogen and oxygen atoms in total. The number of benzene rings is 2. The first-order chi connectivity index (χ1) is 16.4. The molecule has 3 aromatic rings. The molecule has 1 aromatic heterocycles. The van der Waals surface area contributed by atoms with Crippen molar-refractivity contribution in [3.63, 3.8) is 0 Å². The van der Waals surface area contributed by atoms with Crippen LogP contribution in [0.2, 0.25) is 0 Å². The summed E-state index contributed by atoms with van der Waals surface area (Å²) in [5.74, 6) is 0.415. The Morgan fingerprint density at radius 1 is 1.29 bits per heavy atom. The molecule has 2 atom stereocenters. The van der Waals surface area contributed by atoms with Gasteiger partial charge in [0, 0.05) is 23.0 Å². The molecule has 1 aliphatic heterocycles. The lowest BCUT2D eigenvalue weighted by Crippen LogP contribution is -2.34. The molecule has 3 N–H and O–H groups in total. The van der Waals surface area contributed by atoms with Crippen LogP contribution in [0.5, 0.6) is 0 Å². The summed E-state index contributed by atoms with van der Waals surface area (Å²) in [5, 5.41) is 10.7. The highest BCUT2D eigenvalue weighted by Gasteiger charge is 2.28. The van der Waals surface area contributed by atoms with Crippen LogP contribution in [0.4, 0.5) is 11.5 Å². The predicted molar refractivity (Wildman–Crippen MR) is 144 cm³/mol. The van der Waals surface area contributed by atoms with Crippen molar-refractivity contribution in [2.24, 2.45) is 4.99 Å². The van der Waals surface area contributed by atoms with Crippen molar-refractivity contribution in [2.45, 2.75) is 58.5 Å². The summed E-state index contributed by atoms with van der Waals surface area (Å²) < 4.78 is 0. The Kier molecular flexibility index (Phi) is 7.44. The van der Waals surface area contributed by atoms with E-state index in [1.807, 2.05) is 0 Å². The fraction of sp³-hybridized carbons (Fsp3) is 0.379. The molecule has 0 radical (unpaired) electrons. The second kappa shape index (κ2) is 10.5. The molecule has 4 rings (SSSR count). The smallest absolute Gasteiger partial charge is 0.150 e. The number of aromatic nitrogens is 1. The SMILES string of the molecule is C=Nc1c(N)nc2cc(C)ccc2c1/C=C(\C)CCc1ccc(C(C)N2CCC[C@H]2CO)cc1. The molecule has 34 heavy (non-hydrogen) atoms. The number of aliphatic hydroxyl groups excluding tert-OH is 1. The van der Waals surface area contributed by atoms with Gasteiger partial charge >= 0.3 is 0 Å². The number of nitrogens with zero attached hydrogens (tertiary/aromatic N) is 3. The number of hydrogen-bond donors (Lipinski definition) is 2. The second-order valence-electron chi connectivity index (χ2n) is 9.56. The van der Waals surface area contributed by atoms with Gasteiger partial charge in [-0.1, -0.05) is 48.0 Å². The van der Waals surface area contributed by atoms with E-state index in [1.165, 1.54) is 23.1 Å². The van der Waals surface area contributed by atoms with Gasteiger partial charge < -0.3 is 10.8 Å². The number of aryl methyl sites for hydroxylation is 2.